The average molecular weight is 482 g/mol. The summed E-state index contributed by atoms with van der Waals surface area (Å²) >= 11 is 0. The fraction of sp³-hybridized carbons (Fsp3) is 0.345. The van der Waals surface area contributed by atoms with Crippen molar-refractivity contribution < 1.29 is 9.18 Å². The van der Waals surface area contributed by atoms with Gasteiger partial charge in [-0.25, -0.2) is 9.37 Å². The molecule has 0 radical (unpaired) electrons. The topological polar surface area (TPSA) is 65.1 Å². The molecule has 1 saturated carbocycles. The molecule has 1 aliphatic carbocycles. The molecule has 1 amide bonds. The summed E-state index contributed by atoms with van der Waals surface area (Å²) in [6, 6.07) is 17.1. The number of benzene rings is 2. The van der Waals surface area contributed by atoms with E-state index in [2.05, 4.69) is 33.1 Å². The number of anilines is 2. The molecule has 2 aliphatic heterocycles. The number of hydrogen-bond donors (Lipinski definition) is 1. The van der Waals surface area contributed by atoms with Gasteiger partial charge >= 0.3 is 0 Å². The average Bonchev–Trinajstić information content (AvgIpc) is 3.67. The maximum atomic E-state index is 14.0. The molecule has 3 aliphatic rings. The van der Waals surface area contributed by atoms with Gasteiger partial charge in [-0.15, -0.1) is 0 Å². The van der Waals surface area contributed by atoms with Crippen LogP contribution in [-0.2, 0) is 4.79 Å². The van der Waals surface area contributed by atoms with Gasteiger partial charge in [0.2, 0.25) is 11.9 Å². The van der Waals surface area contributed by atoms with Crippen LogP contribution in [0.1, 0.15) is 54.5 Å². The van der Waals surface area contributed by atoms with Crippen LogP contribution in [0, 0.1) is 18.2 Å². The summed E-state index contributed by atoms with van der Waals surface area (Å²) in [5.74, 6) is 1.42. The number of nitrogens with one attached hydrogen (secondary N) is 1. The molecule has 1 atom stereocenters. The number of halogens is 1. The lowest BCUT2D eigenvalue weighted by atomic mass is 9.63. The molecule has 2 aromatic carbocycles. The van der Waals surface area contributed by atoms with Gasteiger partial charge in [0, 0.05) is 25.0 Å². The molecule has 7 rings (SSSR count). The second-order valence-corrected chi connectivity index (χ2v) is 10.5. The van der Waals surface area contributed by atoms with Gasteiger partial charge in [-0.1, -0.05) is 12.1 Å². The number of pyridine rings is 1. The predicted octanol–water partition coefficient (Wildman–Crippen LogP) is 5.66. The van der Waals surface area contributed by atoms with Crippen molar-refractivity contribution in [2.45, 2.75) is 44.6 Å². The normalized spacial score (nSPS) is 21.3. The lowest BCUT2D eigenvalue weighted by molar-refractivity contribution is -0.142. The summed E-state index contributed by atoms with van der Waals surface area (Å²) < 4.78 is 14.0. The van der Waals surface area contributed by atoms with Crippen LogP contribution >= 0.6 is 0 Å². The van der Waals surface area contributed by atoms with Crippen molar-refractivity contribution in [3.63, 3.8) is 0 Å². The van der Waals surface area contributed by atoms with Crippen molar-refractivity contribution in [1.29, 1.82) is 0 Å². The van der Waals surface area contributed by atoms with E-state index >= 15 is 0 Å². The van der Waals surface area contributed by atoms with Crippen molar-refractivity contribution in [1.82, 2.24) is 15.0 Å². The van der Waals surface area contributed by atoms with Crippen molar-refractivity contribution in [3.8, 4) is 0 Å². The van der Waals surface area contributed by atoms with E-state index in [9.17, 15) is 9.18 Å². The second-order valence-electron chi connectivity index (χ2n) is 10.5. The third-order valence-electron chi connectivity index (χ3n) is 8.31. The highest BCUT2D eigenvalue weighted by Gasteiger charge is 2.62. The number of carbonyl (C=O) groups excluding carboxylic acids is 1. The SMILES string of the molecule is Cc1cc(N2C(=O)C3(CCN(c4nc5ccc(C6CC6)cc5[nH]4)CC3)C2c2ccccn2)ccc1F. The highest BCUT2D eigenvalue weighted by molar-refractivity contribution is 6.06. The Hall–Kier alpha value is -3.74. The molecule has 6 nitrogen and oxygen atoms in total. The molecule has 4 aromatic rings. The molecule has 2 saturated heterocycles. The number of H-pyrrole nitrogens is 1. The number of rotatable bonds is 4. The number of fused-ring (bicyclic) bond motifs is 1. The summed E-state index contributed by atoms with van der Waals surface area (Å²) in [5, 5.41) is 0. The molecule has 7 heteroatoms. The summed E-state index contributed by atoms with van der Waals surface area (Å²) in [4.78, 5) is 30.9. The lowest BCUT2D eigenvalue weighted by Crippen LogP contribution is -2.67. The predicted molar refractivity (Wildman–Crippen MR) is 138 cm³/mol. The van der Waals surface area contributed by atoms with Gasteiger partial charge in [-0.2, -0.15) is 0 Å². The van der Waals surface area contributed by atoms with E-state index in [4.69, 9.17) is 4.98 Å². The number of β-lactam (4-membered cyclic amide) rings is 1. The Balaban J connectivity index is 1.17. The number of piperidine rings is 1. The van der Waals surface area contributed by atoms with Crippen molar-refractivity contribution >= 4 is 28.6 Å². The Labute approximate surface area is 209 Å². The van der Waals surface area contributed by atoms with Gasteiger partial charge in [0.1, 0.15) is 5.82 Å². The largest absolute Gasteiger partial charge is 0.342 e. The number of hydrogen-bond acceptors (Lipinski definition) is 4. The van der Waals surface area contributed by atoms with Crippen LogP contribution < -0.4 is 9.80 Å². The van der Waals surface area contributed by atoms with Crippen LogP contribution in [0.5, 0.6) is 0 Å². The van der Waals surface area contributed by atoms with Gasteiger partial charge in [0.05, 0.1) is 28.2 Å². The quantitative estimate of drug-likeness (QED) is 0.382. The monoisotopic (exact) mass is 481 g/mol. The number of amides is 1. The molecule has 1 N–H and O–H groups in total. The zero-order chi connectivity index (χ0) is 24.4. The Bertz CT molecular complexity index is 1470. The molecule has 2 aromatic heterocycles. The van der Waals surface area contributed by atoms with E-state index in [-0.39, 0.29) is 17.8 Å². The van der Waals surface area contributed by atoms with Gasteiger partial charge in [-0.3, -0.25) is 9.78 Å². The van der Waals surface area contributed by atoms with E-state index < -0.39 is 5.41 Å². The van der Waals surface area contributed by atoms with Gasteiger partial charge < -0.3 is 14.8 Å². The van der Waals surface area contributed by atoms with Crippen molar-refractivity contribution in [2.24, 2.45) is 5.41 Å². The Morgan fingerprint density at radius 2 is 1.89 bits per heavy atom. The first-order valence-corrected chi connectivity index (χ1v) is 12.8. The lowest BCUT2D eigenvalue weighted by Gasteiger charge is -2.58. The first-order valence-electron chi connectivity index (χ1n) is 12.8. The molecule has 36 heavy (non-hydrogen) atoms. The fourth-order valence-electron chi connectivity index (χ4n) is 6.09. The molecular weight excluding hydrogens is 453 g/mol. The highest BCUT2D eigenvalue weighted by Crippen LogP contribution is 2.57. The minimum atomic E-state index is -0.516. The molecule has 182 valence electrons. The third-order valence-corrected chi connectivity index (χ3v) is 8.31. The smallest absolute Gasteiger partial charge is 0.236 e. The maximum absolute atomic E-state index is 14.0. The number of imidazole rings is 1. The number of nitrogens with zero attached hydrogens (tertiary/aromatic N) is 4. The number of aromatic nitrogens is 3. The second kappa shape index (κ2) is 7.88. The van der Waals surface area contributed by atoms with Crippen LogP contribution in [0.15, 0.2) is 60.8 Å². The van der Waals surface area contributed by atoms with E-state index in [1.165, 1.54) is 24.5 Å². The molecular formula is C29H28FN5O. The van der Waals surface area contributed by atoms with E-state index in [0.29, 0.717) is 24.3 Å². The maximum Gasteiger partial charge on any atom is 0.236 e. The molecule has 3 fully saturated rings. The first-order chi connectivity index (χ1) is 17.5. The van der Waals surface area contributed by atoms with Crippen LogP contribution in [0.25, 0.3) is 11.0 Å². The van der Waals surface area contributed by atoms with E-state index in [1.54, 1.807) is 25.3 Å². The zero-order valence-electron chi connectivity index (χ0n) is 20.2. The van der Waals surface area contributed by atoms with Crippen molar-refractivity contribution in [3.05, 3.63) is 83.4 Å². The molecule has 4 heterocycles. The zero-order valence-corrected chi connectivity index (χ0v) is 20.2. The first kappa shape index (κ1) is 21.5. The Morgan fingerprint density at radius 1 is 1.06 bits per heavy atom. The molecule has 0 bridgehead atoms. The number of aryl methyl sites for hydroxylation is 1. The van der Waals surface area contributed by atoms with Crippen LogP contribution in [0.2, 0.25) is 0 Å². The van der Waals surface area contributed by atoms with Crippen LogP contribution in [0.3, 0.4) is 0 Å². The van der Waals surface area contributed by atoms with Gasteiger partial charge in [0.25, 0.3) is 0 Å². The summed E-state index contributed by atoms with van der Waals surface area (Å²) in [6.45, 7) is 3.20. The molecule has 1 unspecified atom stereocenters. The van der Waals surface area contributed by atoms with E-state index in [1.807, 2.05) is 23.1 Å². The number of carbonyl (C=O) groups is 1. The van der Waals surface area contributed by atoms with E-state index in [0.717, 1.165) is 41.5 Å². The van der Waals surface area contributed by atoms with Gasteiger partial charge in [-0.05, 0) is 92.1 Å². The van der Waals surface area contributed by atoms with Gasteiger partial charge in [0.15, 0.2) is 0 Å². The van der Waals surface area contributed by atoms with Crippen molar-refractivity contribution in [2.75, 3.05) is 22.9 Å². The standard InChI is InChI=1S/C29H28FN5O/c1-18-16-21(8-9-22(18)30)35-26(24-4-2-3-13-31-24)29(27(35)36)11-14-34(15-12-29)28-32-23-10-7-20(19-5-6-19)17-25(23)33-28/h2-4,7-10,13,16-17,19,26H,5-6,11-12,14-15H2,1H3,(H,32,33). The third kappa shape index (κ3) is 3.25. The Morgan fingerprint density at radius 3 is 2.61 bits per heavy atom. The van der Waals surface area contributed by atoms with Crippen LogP contribution in [-0.4, -0.2) is 33.9 Å². The fourth-order valence-corrected chi connectivity index (χ4v) is 6.09. The summed E-state index contributed by atoms with van der Waals surface area (Å²) in [5.41, 5.74) is 5.08. The van der Waals surface area contributed by atoms with Crippen LogP contribution in [0.4, 0.5) is 16.0 Å². The Kier molecular flexibility index (Phi) is 4.72. The summed E-state index contributed by atoms with van der Waals surface area (Å²) in [7, 11) is 0. The highest BCUT2D eigenvalue weighted by atomic mass is 19.1. The minimum absolute atomic E-state index is 0.0995. The minimum Gasteiger partial charge on any atom is -0.342 e. The molecule has 1 spiro atoms. The summed E-state index contributed by atoms with van der Waals surface area (Å²) in [6.07, 6.45) is 5.77. The number of aromatic amines is 1.